The van der Waals surface area contributed by atoms with Crippen LogP contribution in [0.4, 0.5) is 0 Å². The molecule has 0 bridgehead atoms. The summed E-state index contributed by atoms with van der Waals surface area (Å²) in [7, 11) is 0. The van der Waals surface area contributed by atoms with Gasteiger partial charge in [-0.05, 0) is 24.8 Å². The lowest BCUT2D eigenvalue weighted by atomic mass is 10.0. The Morgan fingerprint density at radius 1 is 0.465 bits per heavy atom. The second kappa shape index (κ2) is 31.1. The van der Waals surface area contributed by atoms with E-state index in [4.69, 9.17) is 0 Å². The highest BCUT2D eigenvalue weighted by Gasteiger charge is 2.16. The standard InChI is InChI=1S/C40H75NO2/c1-3-5-7-9-11-13-15-17-19-21-23-28-32-39(42)36-41(35-34-38-30-26-25-27-31-38)37-40(43)33-29-24-22-20-18-16-14-12-10-8-6-4-2/h25-27,30-31,39-40,42-43H,3-24,28-29,32-37H2,1-2H3. The third-order valence-electron chi connectivity index (χ3n) is 9.28. The van der Waals surface area contributed by atoms with Crippen LogP contribution in [0.1, 0.15) is 186 Å². The molecule has 0 amide bonds. The van der Waals surface area contributed by atoms with Crippen molar-refractivity contribution in [2.45, 2.75) is 199 Å². The lowest BCUT2D eigenvalue weighted by molar-refractivity contribution is 0.0611. The SMILES string of the molecule is CCCCCCCCCCCCCCC(O)CN(CCc1ccccc1)CC(O)CCCCCCCCCCCCCC. The van der Waals surface area contributed by atoms with Gasteiger partial charge in [0.1, 0.15) is 0 Å². The van der Waals surface area contributed by atoms with Crippen LogP contribution in [0.3, 0.4) is 0 Å². The second-order valence-electron chi connectivity index (χ2n) is 13.7. The molecule has 0 saturated heterocycles. The minimum Gasteiger partial charge on any atom is -0.392 e. The molecule has 0 radical (unpaired) electrons. The summed E-state index contributed by atoms with van der Waals surface area (Å²) >= 11 is 0. The zero-order valence-electron chi connectivity index (χ0n) is 29.1. The number of rotatable bonds is 33. The van der Waals surface area contributed by atoms with Gasteiger partial charge in [-0.25, -0.2) is 0 Å². The van der Waals surface area contributed by atoms with E-state index in [1.165, 1.54) is 147 Å². The van der Waals surface area contributed by atoms with Crippen LogP contribution in [-0.2, 0) is 6.42 Å². The molecular weight excluding hydrogens is 526 g/mol. The summed E-state index contributed by atoms with van der Waals surface area (Å²) in [5.41, 5.74) is 1.33. The van der Waals surface area contributed by atoms with E-state index >= 15 is 0 Å². The predicted molar refractivity (Wildman–Crippen MR) is 190 cm³/mol. The zero-order valence-corrected chi connectivity index (χ0v) is 29.1. The first kappa shape index (κ1) is 40.1. The normalized spacial score (nSPS) is 13.1. The van der Waals surface area contributed by atoms with Crippen LogP contribution in [0, 0.1) is 0 Å². The Kier molecular flexibility index (Phi) is 29.0. The van der Waals surface area contributed by atoms with Gasteiger partial charge in [0.05, 0.1) is 12.2 Å². The molecule has 0 spiro atoms. The Bertz CT molecular complexity index is 630. The molecule has 2 atom stereocenters. The molecule has 0 aromatic heterocycles. The number of benzene rings is 1. The molecule has 0 saturated carbocycles. The highest BCUT2D eigenvalue weighted by molar-refractivity contribution is 5.14. The molecule has 2 unspecified atom stereocenters. The average molecular weight is 602 g/mol. The van der Waals surface area contributed by atoms with Gasteiger partial charge in [-0.15, -0.1) is 0 Å². The van der Waals surface area contributed by atoms with Crippen LogP contribution in [0.25, 0.3) is 0 Å². The summed E-state index contributed by atoms with van der Waals surface area (Å²) in [5.74, 6) is 0. The molecule has 1 rings (SSSR count). The molecule has 0 aliphatic heterocycles. The quantitative estimate of drug-likeness (QED) is 0.0788. The Hall–Kier alpha value is -0.900. The van der Waals surface area contributed by atoms with Crippen molar-refractivity contribution in [1.29, 1.82) is 0 Å². The Balaban J connectivity index is 2.19. The maximum absolute atomic E-state index is 10.9. The van der Waals surface area contributed by atoms with Crippen molar-refractivity contribution in [2.75, 3.05) is 19.6 Å². The van der Waals surface area contributed by atoms with Crippen molar-refractivity contribution in [3.63, 3.8) is 0 Å². The molecule has 43 heavy (non-hydrogen) atoms. The van der Waals surface area contributed by atoms with Gasteiger partial charge in [-0.3, -0.25) is 4.90 Å². The van der Waals surface area contributed by atoms with Gasteiger partial charge in [0.25, 0.3) is 0 Å². The largest absolute Gasteiger partial charge is 0.392 e. The third kappa shape index (κ3) is 27.2. The number of nitrogens with zero attached hydrogens (tertiary/aromatic N) is 1. The van der Waals surface area contributed by atoms with Gasteiger partial charge in [0.15, 0.2) is 0 Å². The van der Waals surface area contributed by atoms with Crippen LogP contribution in [-0.4, -0.2) is 47.0 Å². The fraction of sp³-hybridized carbons (Fsp3) is 0.850. The van der Waals surface area contributed by atoms with Crippen LogP contribution in [0.5, 0.6) is 0 Å². The summed E-state index contributed by atoms with van der Waals surface area (Å²) in [6.45, 7) is 6.83. The Labute approximate surface area is 269 Å². The molecule has 0 fully saturated rings. The first-order valence-corrected chi connectivity index (χ1v) is 19.3. The second-order valence-corrected chi connectivity index (χ2v) is 13.7. The van der Waals surface area contributed by atoms with E-state index in [9.17, 15) is 10.2 Å². The maximum Gasteiger partial charge on any atom is 0.0667 e. The van der Waals surface area contributed by atoms with Crippen molar-refractivity contribution in [1.82, 2.24) is 4.90 Å². The monoisotopic (exact) mass is 602 g/mol. The number of unbranched alkanes of at least 4 members (excludes halogenated alkanes) is 22. The summed E-state index contributed by atoms with van der Waals surface area (Å²) in [6, 6.07) is 10.6. The van der Waals surface area contributed by atoms with Crippen LogP contribution >= 0.6 is 0 Å². The first-order chi connectivity index (χ1) is 21.2. The van der Waals surface area contributed by atoms with Gasteiger partial charge in [0, 0.05) is 19.6 Å². The summed E-state index contributed by atoms with van der Waals surface area (Å²) in [5, 5.41) is 21.7. The lowest BCUT2D eigenvalue weighted by Crippen LogP contribution is -2.39. The molecule has 0 aliphatic carbocycles. The smallest absolute Gasteiger partial charge is 0.0667 e. The molecule has 252 valence electrons. The zero-order chi connectivity index (χ0) is 31.1. The lowest BCUT2D eigenvalue weighted by Gasteiger charge is -2.27. The Morgan fingerprint density at radius 3 is 1.14 bits per heavy atom. The van der Waals surface area contributed by atoms with E-state index in [0.717, 1.165) is 38.6 Å². The minimum atomic E-state index is -0.294. The summed E-state index contributed by atoms with van der Waals surface area (Å²) in [6.07, 6.45) is 34.5. The molecule has 0 heterocycles. The number of aliphatic hydroxyl groups is 2. The van der Waals surface area contributed by atoms with Gasteiger partial charge in [0.2, 0.25) is 0 Å². The number of hydrogen-bond donors (Lipinski definition) is 2. The fourth-order valence-corrected chi connectivity index (χ4v) is 6.41. The van der Waals surface area contributed by atoms with Crippen LogP contribution in [0.2, 0.25) is 0 Å². The van der Waals surface area contributed by atoms with E-state index in [-0.39, 0.29) is 12.2 Å². The molecule has 0 aliphatic rings. The van der Waals surface area contributed by atoms with Crippen molar-refractivity contribution < 1.29 is 10.2 Å². The summed E-state index contributed by atoms with van der Waals surface area (Å²) in [4.78, 5) is 2.32. The molecule has 1 aromatic rings. The summed E-state index contributed by atoms with van der Waals surface area (Å²) < 4.78 is 0. The molecule has 1 aromatic carbocycles. The third-order valence-corrected chi connectivity index (χ3v) is 9.28. The van der Waals surface area contributed by atoms with Crippen LogP contribution < -0.4 is 0 Å². The van der Waals surface area contributed by atoms with Crippen molar-refractivity contribution in [3.8, 4) is 0 Å². The number of hydrogen-bond acceptors (Lipinski definition) is 3. The van der Waals surface area contributed by atoms with Crippen molar-refractivity contribution >= 4 is 0 Å². The predicted octanol–water partition coefficient (Wildman–Crippen LogP) is 11.4. The van der Waals surface area contributed by atoms with E-state index in [2.05, 4.69) is 49.1 Å². The highest BCUT2D eigenvalue weighted by Crippen LogP contribution is 2.16. The van der Waals surface area contributed by atoms with E-state index in [0.29, 0.717) is 13.1 Å². The van der Waals surface area contributed by atoms with Crippen LogP contribution in [0.15, 0.2) is 30.3 Å². The molecule has 3 nitrogen and oxygen atoms in total. The van der Waals surface area contributed by atoms with Gasteiger partial charge >= 0.3 is 0 Å². The topological polar surface area (TPSA) is 43.7 Å². The molecule has 3 heteroatoms. The molecule has 2 N–H and O–H groups in total. The average Bonchev–Trinajstić information content (AvgIpc) is 3.01. The van der Waals surface area contributed by atoms with Crippen molar-refractivity contribution in [2.24, 2.45) is 0 Å². The maximum atomic E-state index is 10.9. The van der Waals surface area contributed by atoms with E-state index in [1.807, 2.05) is 0 Å². The fourth-order valence-electron chi connectivity index (χ4n) is 6.41. The highest BCUT2D eigenvalue weighted by atomic mass is 16.3. The van der Waals surface area contributed by atoms with E-state index in [1.54, 1.807) is 0 Å². The van der Waals surface area contributed by atoms with Crippen molar-refractivity contribution in [3.05, 3.63) is 35.9 Å². The van der Waals surface area contributed by atoms with Gasteiger partial charge in [-0.2, -0.15) is 0 Å². The molecular formula is C40H75NO2. The minimum absolute atomic E-state index is 0.294. The number of aliphatic hydroxyl groups excluding tert-OH is 2. The van der Waals surface area contributed by atoms with E-state index < -0.39 is 0 Å². The Morgan fingerprint density at radius 2 is 0.791 bits per heavy atom. The van der Waals surface area contributed by atoms with Gasteiger partial charge < -0.3 is 10.2 Å². The van der Waals surface area contributed by atoms with Gasteiger partial charge in [-0.1, -0.05) is 198 Å². The first-order valence-electron chi connectivity index (χ1n) is 19.3.